The number of benzene rings is 1. The van der Waals surface area contributed by atoms with E-state index < -0.39 is 0 Å². The van der Waals surface area contributed by atoms with Crippen LogP contribution in [0.3, 0.4) is 0 Å². The highest BCUT2D eigenvalue weighted by atomic mass is 16.5. The molecular formula is C29H46O. The topological polar surface area (TPSA) is 9.23 Å². The van der Waals surface area contributed by atoms with Crippen LogP contribution in [-0.4, -0.2) is 6.61 Å². The predicted octanol–water partition coefficient (Wildman–Crippen LogP) is 9.08. The van der Waals surface area contributed by atoms with E-state index in [1.807, 2.05) is 0 Å². The van der Waals surface area contributed by atoms with E-state index in [9.17, 15) is 0 Å². The average molecular weight is 411 g/mol. The van der Waals surface area contributed by atoms with Crippen LogP contribution in [0.5, 0.6) is 5.75 Å². The van der Waals surface area contributed by atoms with E-state index in [-0.39, 0.29) is 0 Å². The average Bonchev–Trinajstić information content (AvgIpc) is 2.79. The molecule has 0 aliphatic heterocycles. The van der Waals surface area contributed by atoms with Gasteiger partial charge in [0.05, 0.1) is 0 Å². The highest BCUT2D eigenvalue weighted by Crippen LogP contribution is 2.38. The Morgan fingerprint density at radius 1 is 0.767 bits per heavy atom. The summed E-state index contributed by atoms with van der Waals surface area (Å²) in [5.41, 5.74) is 1.52. The molecule has 0 atom stereocenters. The first kappa shape index (κ1) is 23.4. The van der Waals surface area contributed by atoms with Crippen molar-refractivity contribution in [2.75, 3.05) is 6.61 Å². The van der Waals surface area contributed by atoms with Crippen LogP contribution in [0.1, 0.15) is 115 Å². The van der Waals surface area contributed by atoms with Crippen LogP contribution in [0.4, 0.5) is 0 Å². The van der Waals surface area contributed by atoms with Crippen molar-refractivity contribution in [1.29, 1.82) is 0 Å². The predicted molar refractivity (Wildman–Crippen MR) is 130 cm³/mol. The van der Waals surface area contributed by atoms with Crippen LogP contribution in [0.25, 0.3) is 0 Å². The van der Waals surface area contributed by atoms with Crippen LogP contribution < -0.4 is 4.74 Å². The zero-order valence-corrected chi connectivity index (χ0v) is 19.8. The Morgan fingerprint density at radius 2 is 1.43 bits per heavy atom. The van der Waals surface area contributed by atoms with Gasteiger partial charge >= 0.3 is 0 Å². The third-order valence-electron chi connectivity index (χ3n) is 7.76. The molecule has 3 rings (SSSR count). The van der Waals surface area contributed by atoms with Crippen molar-refractivity contribution in [2.24, 2.45) is 17.8 Å². The van der Waals surface area contributed by atoms with Gasteiger partial charge in [-0.3, -0.25) is 0 Å². The van der Waals surface area contributed by atoms with Gasteiger partial charge < -0.3 is 4.74 Å². The first-order chi connectivity index (χ1) is 14.8. The fraction of sp³-hybridized carbons (Fsp3) is 0.724. The maximum atomic E-state index is 5.99. The lowest BCUT2D eigenvalue weighted by atomic mass is 9.77. The molecule has 0 aromatic heterocycles. The van der Waals surface area contributed by atoms with Gasteiger partial charge in [0.1, 0.15) is 12.4 Å². The van der Waals surface area contributed by atoms with E-state index in [1.54, 1.807) is 0 Å². The van der Waals surface area contributed by atoms with Gasteiger partial charge in [0.25, 0.3) is 0 Å². The van der Waals surface area contributed by atoms with Gasteiger partial charge in [-0.15, -0.1) is 0 Å². The summed E-state index contributed by atoms with van der Waals surface area (Å²) in [6.45, 7) is 5.33. The number of ether oxygens (including phenoxy) is 1. The largest absolute Gasteiger partial charge is 0.490 e. The number of hydrogen-bond acceptors (Lipinski definition) is 1. The smallest absolute Gasteiger partial charge is 0.119 e. The van der Waals surface area contributed by atoms with Crippen LogP contribution in [0.2, 0.25) is 0 Å². The van der Waals surface area contributed by atoms with Gasteiger partial charge in [0.15, 0.2) is 0 Å². The lowest BCUT2D eigenvalue weighted by Crippen LogP contribution is -2.13. The summed E-state index contributed by atoms with van der Waals surface area (Å²) in [5.74, 6) is 4.54. The zero-order valence-electron chi connectivity index (χ0n) is 19.8. The molecule has 30 heavy (non-hydrogen) atoms. The van der Waals surface area contributed by atoms with Gasteiger partial charge in [0, 0.05) is 0 Å². The normalized spacial score (nSPS) is 27.4. The highest BCUT2D eigenvalue weighted by molar-refractivity contribution is 5.29. The summed E-state index contributed by atoms with van der Waals surface area (Å²) >= 11 is 0. The first-order valence-corrected chi connectivity index (χ1v) is 13.2. The number of unbranched alkanes of at least 4 members (excludes halogenated alkanes) is 2. The maximum Gasteiger partial charge on any atom is 0.119 e. The number of rotatable bonds is 11. The van der Waals surface area contributed by atoms with E-state index in [4.69, 9.17) is 4.74 Å². The molecule has 0 amide bonds. The van der Waals surface area contributed by atoms with Crippen LogP contribution in [0.15, 0.2) is 36.4 Å². The van der Waals surface area contributed by atoms with Crippen molar-refractivity contribution in [3.05, 3.63) is 42.0 Å². The van der Waals surface area contributed by atoms with Crippen molar-refractivity contribution in [3.63, 3.8) is 0 Å². The van der Waals surface area contributed by atoms with E-state index >= 15 is 0 Å². The Morgan fingerprint density at radius 3 is 2.10 bits per heavy atom. The van der Waals surface area contributed by atoms with Crippen molar-refractivity contribution in [1.82, 2.24) is 0 Å². The third-order valence-corrected chi connectivity index (χ3v) is 7.76. The van der Waals surface area contributed by atoms with Crippen molar-refractivity contribution in [3.8, 4) is 5.75 Å². The Kier molecular flexibility index (Phi) is 10.3. The second-order valence-electron chi connectivity index (χ2n) is 10.1. The lowest BCUT2D eigenvalue weighted by molar-refractivity contribution is 0.288. The molecule has 0 unspecified atom stereocenters. The SMILES string of the molecule is CCCCCC1CCC(C=CCOc2ccc(C3CCC(CCC)CC3)cc2)CC1. The highest BCUT2D eigenvalue weighted by Gasteiger charge is 2.22. The molecule has 2 aliphatic rings. The molecular weight excluding hydrogens is 364 g/mol. The van der Waals surface area contributed by atoms with E-state index in [0.717, 1.165) is 29.4 Å². The second-order valence-corrected chi connectivity index (χ2v) is 10.1. The van der Waals surface area contributed by atoms with Gasteiger partial charge in [0.2, 0.25) is 0 Å². The number of hydrogen-bond donors (Lipinski definition) is 0. The molecule has 2 saturated carbocycles. The molecule has 0 spiro atoms. The standard InChI is InChI=1S/C29H46O/c1-3-5-6-9-25-11-13-26(14-12-25)10-7-23-30-29-21-19-28(20-22-29)27-17-15-24(8-4-2)16-18-27/h7,10,19-22,24-27H,3-6,8-9,11-18,23H2,1-2H3. The maximum absolute atomic E-state index is 5.99. The second kappa shape index (κ2) is 13.2. The quantitative estimate of drug-likeness (QED) is 0.261. The first-order valence-electron chi connectivity index (χ1n) is 13.2. The fourth-order valence-electron chi connectivity index (χ4n) is 5.77. The van der Waals surface area contributed by atoms with Gasteiger partial charge in [-0.1, -0.05) is 76.7 Å². The zero-order chi connectivity index (χ0) is 21.0. The molecule has 1 heteroatoms. The molecule has 0 bridgehead atoms. The molecule has 0 N–H and O–H groups in total. The van der Waals surface area contributed by atoms with Crippen LogP contribution in [0, 0.1) is 17.8 Å². The summed E-state index contributed by atoms with van der Waals surface area (Å²) in [5, 5.41) is 0. The fourth-order valence-corrected chi connectivity index (χ4v) is 5.77. The molecule has 2 aliphatic carbocycles. The van der Waals surface area contributed by atoms with Crippen molar-refractivity contribution in [2.45, 2.75) is 110 Å². The molecule has 0 heterocycles. The molecule has 1 aromatic carbocycles. The van der Waals surface area contributed by atoms with Crippen LogP contribution in [-0.2, 0) is 0 Å². The van der Waals surface area contributed by atoms with Crippen LogP contribution >= 0.6 is 0 Å². The van der Waals surface area contributed by atoms with Gasteiger partial charge in [-0.2, -0.15) is 0 Å². The minimum Gasteiger partial charge on any atom is -0.490 e. The number of allylic oxidation sites excluding steroid dienone is 1. The van der Waals surface area contributed by atoms with Gasteiger partial charge in [-0.05, 0) is 92.7 Å². The lowest BCUT2D eigenvalue weighted by Gasteiger charge is -2.28. The van der Waals surface area contributed by atoms with Crippen molar-refractivity contribution < 1.29 is 4.74 Å². The molecule has 1 nitrogen and oxygen atoms in total. The monoisotopic (exact) mass is 410 g/mol. The summed E-state index contributed by atoms with van der Waals surface area (Å²) in [4.78, 5) is 0. The Balaban J connectivity index is 1.32. The molecule has 0 saturated heterocycles. The minimum absolute atomic E-state index is 0.706. The summed E-state index contributed by atoms with van der Waals surface area (Å²) in [6, 6.07) is 8.99. The molecule has 1 aromatic rings. The summed E-state index contributed by atoms with van der Waals surface area (Å²) in [7, 11) is 0. The summed E-state index contributed by atoms with van der Waals surface area (Å²) in [6.07, 6.45) is 24.3. The van der Waals surface area contributed by atoms with Gasteiger partial charge in [-0.25, -0.2) is 0 Å². The van der Waals surface area contributed by atoms with E-state index in [0.29, 0.717) is 6.61 Å². The van der Waals surface area contributed by atoms with E-state index in [2.05, 4.69) is 50.3 Å². The van der Waals surface area contributed by atoms with Crippen molar-refractivity contribution >= 4 is 0 Å². The third kappa shape index (κ3) is 7.78. The Bertz CT molecular complexity index is 585. The molecule has 168 valence electrons. The molecule has 0 radical (unpaired) electrons. The Labute approximate surface area is 186 Å². The Hall–Kier alpha value is -1.24. The minimum atomic E-state index is 0.706. The molecule has 2 fully saturated rings. The van der Waals surface area contributed by atoms with E-state index in [1.165, 1.54) is 95.5 Å². The summed E-state index contributed by atoms with van der Waals surface area (Å²) < 4.78 is 5.99.